The van der Waals surface area contributed by atoms with Gasteiger partial charge in [-0.05, 0) is 50.8 Å². The van der Waals surface area contributed by atoms with Crippen molar-refractivity contribution in [3.63, 3.8) is 0 Å². The Morgan fingerprint density at radius 1 is 1.17 bits per heavy atom. The van der Waals surface area contributed by atoms with Gasteiger partial charge in [-0.3, -0.25) is 9.59 Å². The molecule has 1 unspecified atom stereocenters. The number of likely N-dealkylation sites (N-methyl/N-ethyl adjacent to an activating group) is 1. The van der Waals surface area contributed by atoms with Crippen molar-refractivity contribution < 1.29 is 19.4 Å². The van der Waals surface area contributed by atoms with E-state index in [4.69, 9.17) is 16.3 Å². The highest BCUT2D eigenvalue weighted by molar-refractivity contribution is 6.46. The number of benzene rings is 2. The molecular formula is C23H25ClN2O4. The number of ether oxygens (including phenoxy) is 1. The van der Waals surface area contributed by atoms with Gasteiger partial charge in [-0.25, -0.2) is 0 Å². The smallest absolute Gasteiger partial charge is 0.295 e. The van der Waals surface area contributed by atoms with E-state index in [1.165, 1.54) is 4.90 Å². The molecule has 1 saturated heterocycles. The summed E-state index contributed by atoms with van der Waals surface area (Å²) >= 11 is 6.03. The fraction of sp³-hybridized carbons (Fsp3) is 0.304. The summed E-state index contributed by atoms with van der Waals surface area (Å²) in [5.41, 5.74) is 1.19. The first-order chi connectivity index (χ1) is 14.3. The summed E-state index contributed by atoms with van der Waals surface area (Å²) in [4.78, 5) is 29.2. The van der Waals surface area contributed by atoms with Gasteiger partial charge in [-0.1, -0.05) is 35.9 Å². The van der Waals surface area contributed by atoms with Gasteiger partial charge in [0.15, 0.2) is 0 Å². The van der Waals surface area contributed by atoms with Crippen molar-refractivity contribution in [1.82, 2.24) is 9.80 Å². The van der Waals surface area contributed by atoms with Crippen LogP contribution >= 0.6 is 11.6 Å². The third-order valence-corrected chi connectivity index (χ3v) is 5.18. The molecular weight excluding hydrogens is 404 g/mol. The third-order valence-electron chi connectivity index (χ3n) is 4.93. The Kier molecular flexibility index (Phi) is 6.80. The fourth-order valence-corrected chi connectivity index (χ4v) is 3.59. The van der Waals surface area contributed by atoms with Crippen LogP contribution in [0.5, 0.6) is 5.75 Å². The van der Waals surface area contributed by atoms with Gasteiger partial charge in [0.1, 0.15) is 11.5 Å². The molecule has 158 valence electrons. The minimum atomic E-state index is -0.701. The van der Waals surface area contributed by atoms with Gasteiger partial charge in [0.25, 0.3) is 11.7 Å². The molecule has 0 bridgehead atoms. The lowest BCUT2D eigenvalue weighted by atomic mass is 9.95. The maximum atomic E-state index is 13.0. The van der Waals surface area contributed by atoms with Gasteiger partial charge in [0.2, 0.25) is 0 Å². The number of aliphatic hydroxyl groups excluding tert-OH is 1. The molecule has 2 aromatic rings. The molecule has 1 aliphatic rings. The monoisotopic (exact) mass is 428 g/mol. The van der Waals surface area contributed by atoms with Crippen LogP contribution in [0.25, 0.3) is 5.76 Å². The Morgan fingerprint density at radius 2 is 1.87 bits per heavy atom. The number of amides is 1. The fourth-order valence-electron chi connectivity index (χ4n) is 3.47. The Labute approximate surface area is 181 Å². The zero-order chi connectivity index (χ0) is 21.8. The van der Waals surface area contributed by atoms with E-state index < -0.39 is 17.7 Å². The van der Waals surface area contributed by atoms with Crippen LogP contribution in [0, 0.1) is 0 Å². The highest BCUT2D eigenvalue weighted by Gasteiger charge is 2.45. The second-order valence-corrected chi connectivity index (χ2v) is 7.74. The van der Waals surface area contributed by atoms with E-state index in [-0.39, 0.29) is 11.3 Å². The molecule has 1 aliphatic heterocycles. The number of Topliss-reactive ketones (excluding diaryl/α,β-unsaturated/α-hetero) is 1. The molecule has 1 N–H and O–H groups in total. The molecule has 1 fully saturated rings. The first-order valence-electron chi connectivity index (χ1n) is 9.75. The maximum absolute atomic E-state index is 13.0. The largest absolute Gasteiger partial charge is 0.507 e. The van der Waals surface area contributed by atoms with Crippen LogP contribution in [0.2, 0.25) is 5.02 Å². The normalized spacial score (nSPS) is 18.3. The average molecular weight is 429 g/mol. The van der Waals surface area contributed by atoms with Crippen LogP contribution in [0.15, 0.2) is 54.1 Å². The Bertz CT molecular complexity index is 969. The summed E-state index contributed by atoms with van der Waals surface area (Å²) in [7, 11) is 3.79. The maximum Gasteiger partial charge on any atom is 0.295 e. The van der Waals surface area contributed by atoms with Crippen LogP contribution in [0.1, 0.15) is 24.1 Å². The van der Waals surface area contributed by atoms with Crippen molar-refractivity contribution >= 4 is 29.1 Å². The van der Waals surface area contributed by atoms with Gasteiger partial charge in [-0.2, -0.15) is 0 Å². The number of nitrogens with zero attached hydrogens (tertiary/aromatic N) is 2. The molecule has 0 aromatic heterocycles. The number of ketones is 1. The summed E-state index contributed by atoms with van der Waals surface area (Å²) in [5.74, 6) is -0.971. The topological polar surface area (TPSA) is 70.1 Å². The van der Waals surface area contributed by atoms with Gasteiger partial charge in [0, 0.05) is 23.7 Å². The molecule has 7 heteroatoms. The number of carbonyl (C=O) groups excluding carboxylic acids is 2. The first-order valence-corrected chi connectivity index (χ1v) is 10.1. The van der Waals surface area contributed by atoms with Gasteiger partial charge in [0.05, 0.1) is 18.2 Å². The summed E-state index contributed by atoms with van der Waals surface area (Å²) in [6, 6.07) is 13.1. The predicted molar refractivity (Wildman–Crippen MR) is 117 cm³/mol. The zero-order valence-corrected chi connectivity index (χ0v) is 18.0. The van der Waals surface area contributed by atoms with Crippen molar-refractivity contribution in [2.75, 3.05) is 33.8 Å². The second-order valence-electron chi connectivity index (χ2n) is 7.31. The molecule has 1 amide bonds. The van der Waals surface area contributed by atoms with Crippen LogP contribution < -0.4 is 4.74 Å². The van der Waals surface area contributed by atoms with Gasteiger partial charge >= 0.3 is 0 Å². The van der Waals surface area contributed by atoms with E-state index in [0.717, 1.165) is 0 Å². The third kappa shape index (κ3) is 4.50. The standard InChI is InChI=1S/C23H25ClN2O4/c1-4-30-18-7-5-6-16(14-18)21(27)19-20(15-8-10-17(24)11-9-15)26(13-12-25(2)3)23(29)22(19)28/h5-11,14,20,27H,4,12-13H2,1-3H3/b21-19+. The van der Waals surface area contributed by atoms with Crippen LogP contribution in [-0.4, -0.2) is 60.4 Å². The minimum absolute atomic E-state index is 0.0646. The number of aliphatic hydroxyl groups is 1. The lowest BCUT2D eigenvalue weighted by Crippen LogP contribution is -2.35. The molecule has 30 heavy (non-hydrogen) atoms. The van der Waals surface area contributed by atoms with Gasteiger partial charge < -0.3 is 19.6 Å². The lowest BCUT2D eigenvalue weighted by Gasteiger charge is -2.26. The highest BCUT2D eigenvalue weighted by Crippen LogP contribution is 2.39. The van der Waals surface area contributed by atoms with Crippen LogP contribution in [-0.2, 0) is 9.59 Å². The summed E-state index contributed by atoms with van der Waals surface area (Å²) < 4.78 is 5.50. The summed E-state index contributed by atoms with van der Waals surface area (Å²) in [6.07, 6.45) is 0. The summed E-state index contributed by atoms with van der Waals surface area (Å²) in [5, 5.41) is 11.6. The van der Waals surface area contributed by atoms with E-state index >= 15 is 0 Å². The van der Waals surface area contributed by atoms with Crippen molar-refractivity contribution in [1.29, 1.82) is 0 Å². The number of hydrogen-bond acceptors (Lipinski definition) is 5. The molecule has 6 nitrogen and oxygen atoms in total. The number of hydrogen-bond donors (Lipinski definition) is 1. The highest BCUT2D eigenvalue weighted by atomic mass is 35.5. The Balaban J connectivity index is 2.12. The van der Waals surface area contributed by atoms with Crippen molar-refractivity contribution in [3.05, 3.63) is 70.3 Å². The molecule has 0 radical (unpaired) electrons. The van der Waals surface area contributed by atoms with E-state index in [9.17, 15) is 14.7 Å². The summed E-state index contributed by atoms with van der Waals surface area (Å²) in [6.45, 7) is 3.27. The number of likely N-dealkylation sites (tertiary alicyclic amines) is 1. The second kappa shape index (κ2) is 9.32. The molecule has 1 atom stereocenters. The van der Waals surface area contributed by atoms with E-state index in [2.05, 4.69) is 0 Å². The predicted octanol–water partition coefficient (Wildman–Crippen LogP) is 3.72. The molecule has 1 heterocycles. The van der Waals surface area contributed by atoms with E-state index in [0.29, 0.717) is 41.6 Å². The number of halogens is 1. The van der Waals surface area contributed by atoms with E-state index in [1.807, 2.05) is 25.9 Å². The zero-order valence-electron chi connectivity index (χ0n) is 17.3. The molecule has 0 spiro atoms. The van der Waals surface area contributed by atoms with Gasteiger partial charge in [-0.15, -0.1) is 0 Å². The van der Waals surface area contributed by atoms with Crippen molar-refractivity contribution in [2.45, 2.75) is 13.0 Å². The van der Waals surface area contributed by atoms with Crippen molar-refractivity contribution in [2.24, 2.45) is 0 Å². The Morgan fingerprint density at radius 3 is 2.50 bits per heavy atom. The minimum Gasteiger partial charge on any atom is -0.507 e. The van der Waals surface area contributed by atoms with Crippen LogP contribution in [0.3, 0.4) is 0 Å². The first kappa shape index (κ1) is 21.9. The molecule has 0 aliphatic carbocycles. The number of rotatable bonds is 7. The quantitative estimate of drug-likeness (QED) is 0.413. The number of carbonyl (C=O) groups is 2. The molecule has 2 aromatic carbocycles. The molecule has 3 rings (SSSR count). The van der Waals surface area contributed by atoms with Crippen LogP contribution in [0.4, 0.5) is 0 Å². The van der Waals surface area contributed by atoms with Crippen molar-refractivity contribution in [3.8, 4) is 5.75 Å². The molecule has 0 saturated carbocycles. The van der Waals surface area contributed by atoms with E-state index in [1.54, 1.807) is 48.5 Å². The Hall–Kier alpha value is -2.83. The lowest BCUT2D eigenvalue weighted by molar-refractivity contribution is -0.140. The average Bonchev–Trinajstić information content (AvgIpc) is 2.97. The SMILES string of the molecule is CCOc1cccc(/C(O)=C2\C(=O)C(=O)N(CCN(C)C)C2c2ccc(Cl)cc2)c1.